The van der Waals surface area contributed by atoms with Crippen molar-refractivity contribution in [2.45, 2.75) is 71.1 Å². The molecule has 15 heavy (non-hydrogen) atoms. The van der Waals surface area contributed by atoms with Gasteiger partial charge in [0.15, 0.2) is 0 Å². The van der Waals surface area contributed by atoms with Crippen molar-refractivity contribution in [2.75, 3.05) is 6.54 Å². The summed E-state index contributed by atoms with van der Waals surface area (Å²) < 4.78 is 0. The number of allylic oxidation sites excluding steroid dienone is 2. The normalized spacial score (nSPS) is 11.3. The van der Waals surface area contributed by atoms with Crippen molar-refractivity contribution in [2.24, 2.45) is 5.73 Å². The molecule has 0 spiro atoms. The smallest absolute Gasteiger partial charge is 0.00743 e. The molecule has 1 heteroatoms. The molecule has 0 aromatic heterocycles. The van der Waals surface area contributed by atoms with Gasteiger partial charge in [0.05, 0.1) is 0 Å². The highest BCUT2D eigenvalue weighted by Crippen LogP contribution is 2.08. The van der Waals surface area contributed by atoms with E-state index in [4.69, 9.17) is 5.73 Å². The molecule has 0 aromatic rings. The van der Waals surface area contributed by atoms with Crippen LogP contribution in [0, 0.1) is 0 Å². The average Bonchev–Trinajstić information content (AvgIpc) is 2.26. The zero-order valence-corrected chi connectivity index (χ0v) is 10.5. The van der Waals surface area contributed by atoms with Gasteiger partial charge in [-0.2, -0.15) is 0 Å². The van der Waals surface area contributed by atoms with Crippen molar-refractivity contribution < 1.29 is 0 Å². The zero-order chi connectivity index (χ0) is 11.2. The first kappa shape index (κ1) is 14.7. The summed E-state index contributed by atoms with van der Waals surface area (Å²) in [5.74, 6) is 0. The molecule has 0 fully saturated rings. The van der Waals surface area contributed by atoms with Gasteiger partial charge < -0.3 is 5.73 Å². The monoisotopic (exact) mass is 211 g/mol. The van der Waals surface area contributed by atoms with Crippen LogP contribution in [0.4, 0.5) is 0 Å². The molecule has 1 nitrogen and oxygen atoms in total. The van der Waals surface area contributed by atoms with Crippen LogP contribution >= 0.6 is 0 Å². The summed E-state index contributed by atoms with van der Waals surface area (Å²) in [6.07, 6.45) is 18.0. The van der Waals surface area contributed by atoms with Crippen LogP contribution < -0.4 is 5.73 Å². The summed E-state index contributed by atoms with van der Waals surface area (Å²) >= 11 is 0. The lowest BCUT2D eigenvalue weighted by atomic mass is 10.1. The van der Waals surface area contributed by atoms with Gasteiger partial charge in [-0.15, -0.1) is 0 Å². The molecule has 0 aliphatic heterocycles. The van der Waals surface area contributed by atoms with E-state index in [-0.39, 0.29) is 0 Å². The van der Waals surface area contributed by atoms with Crippen LogP contribution in [0.25, 0.3) is 0 Å². The molecule has 0 radical (unpaired) electrons. The number of hydrogen-bond donors (Lipinski definition) is 1. The Kier molecular flexibility index (Phi) is 13.4. The number of hydrogen-bond acceptors (Lipinski definition) is 1. The largest absolute Gasteiger partial charge is 0.330 e. The second-order valence-electron chi connectivity index (χ2n) is 4.31. The third-order valence-electron chi connectivity index (χ3n) is 2.72. The number of rotatable bonds is 11. The number of unbranched alkanes of at least 4 members (excludes halogenated alkanes) is 8. The van der Waals surface area contributed by atoms with E-state index in [0.29, 0.717) is 0 Å². The Labute approximate surface area is 96.1 Å². The SMILES string of the molecule is CCCCCCCCC/C=C/CCCN. The van der Waals surface area contributed by atoms with E-state index < -0.39 is 0 Å². The maximum Gasteiger partial charge on any atom is -0.00743 e. The van der Waals surface area contributed by atoms with Crippen molar-refractivity contribution in [3.63, 3.8) is 0 Å². The summed E-state index contributed by atoms with van der Waals surface area (Å²) in [6, 6.07) is 0. The predicted molar refractivity (Wildman–Crippen MR) is 70.0 cm³/mol. The highest BCUT2D eigenvalue weighted by Gasteiger charge is 1.89. The molecule has 0 aliphatic rings. The van der Waals surface area contributed by atoms with E-state index >= 15 is 0 Å². The quantitative estimate of drug-likeness (QED) is 0.397. The van der Waals surface area contributed by atoms with Crippen LogP contribution in [0.15, 0.2) is 12.2 Å². The van der Waals surface area contributed by atoms with E-state index in [2.05, 4.69) is 19.1 Å². The molecule has 0 saturated carbocycles. The minimum Gasteiger partial charge on any atom is -0.330 e. The first-order valence-electron chi connectivity index (χ1n) is 6.77. The summed E-state index contributed by atoms with van der Waals surface area (Å²) in [6.45, 7) is 3.09. The van der Waals surface area contributed by atoms with Gasteiger partial charge in [0.1, 0.15) is 0 Å². The maximum absolute atomic E-state index is 5.41. The Hall–Kier alpha value is -0.300. The molecule has 0 aromatic carbocycles. The topological polar surface area (TPSA) is 26.0 Å². The van der Waals surface area contributed by atoms with Crippen molar-refractivity contribution in [3.8, 4) is 0 Å². The summed E-state index contributed by atoms with van der Waals surface area (Å²) in [5.41, 5.74) is 5.41. The zero-order valence-electron chi connectivity index (χ0n) is 10.5. The molecule has 2 N–H and O–H groups in total. The maximum atomic E-state index is 5.41. The Balaban J connectivity index is 2.95. The van der Waals surface area contributed by atoms with Crippen LogP contribution in [0.2, 0.25) is 0 Å². The minimum absolute atomic E-state index is 0.821. The van der Waals surface area contributed by atoms with Gasteiger partial charge in [0, 0.05) is 0 Å². The molecule has 0 saturated heterocycles. The van der Waals surface area contributed by atoms with Crippen LogP contribution in [-0.2, 0) is 0 Å². The predicted octanol–water partition coefficient (Wildman–Crippen LogP) is 4.42. The Morgan fingerprint density at radius 1 is 0.733 bits per heavy atom. The van der Waals surface area contributed by atoms with Gasteiger partial charge in [0.25, 0.3) is 0 Å². The molecule has 0 rings (SSSR count). The van der Waals surface area contributed by atoms with Gasteiger partial charge in [-0.05, 0) is 32.2 Å². The van der Waals surface area contributed by atoms with E-state index in [0.717, 1.165) is 19.4 Å². The molecule has 0 atom stereocenters. The fraction of sp³-hybridized carbons (Fsp3) is 0.857. The lowest BCUT2D eigenvalue weighted by molar-refractivity contribution is 0.592. The molecular weight excluding hydrogens is 182 g/mol. The molecular formula is C14H29N. The van der Waals surface area contributed by atoms with E-state index in [1.54, 1.807) is 0 Å². The summed E-state index contributed by atoms with van der Waals surface area (Å²) in [5, 5.41) is 0. The third-order valence-corrected chi connectivity index (χ3v) is 2.72. The fourth-order valence-corrected chi connectivity index (χ4v) is 1.69. The highest BCUT2D eigenvalue weighted by atomic mass is 14.5. The van der Waals surface area contributed by atoms with Crippen molar-refractivity contribution in [1.29, 1.82) is 0 Å². The lowest BCUT2D eigenvalue weighted by Gasteiger charge is -1.98. The first-order chi connectivity index (χ1) is 7.41. The summed E-state index contributed by atoms with van der Waals surface area (Å²) in [4.78, 5) is 0. The molecule has 90 valence electrons. The van der Waals surface area contributed by atoms with Crippen molar-refractivity contribution >= 4 is 0 Å². The van der Waals surface area contributed by atoms with Gasteiger partial charge in [-0.1, -0.05) is 57.6 Å². The third kappa shape index (κ3) is 13.7. The van der Waals surface area contributed by atoms with Crippen LogP contribution in [0.5, 0.6) is 0 Å². The van der Waals surface area contributed by atoms with Gasteiger partial charge >= 0.3 is 0 Å². The minimum atomic E-state index is 0.821. The molecule has 0 heterocycles. The van der Waals surface area contributed by atoms with Crippen LogP contribution in [0.1, 0.15) is 71.1 Å². The van der Waals surface area contributed by atoms with Crippen molar-refractivity contribution in [3.05, 3.63) is 12.2 Å². The van der Waals surface area contributed by atoms with Crippen LogP contribution in [-0.4, -0.2) is 6.54 Å². The van der Waals surface area contributed by atoms with Gasteiger partial charge in [0.2, 0.25) is 0 Å². The first-order valence-corrected chi connectivity index (χ1v) is 6.77. The summed E-state index contributed by atoms with van der Waals surface area (Å²) in [7, 11) is 0. The molecule has 0 aliphatic carbocycles. The second-order valence-corrected chi connectivity index (χ2v) is 4.31. The second kappa shape index (κ2) is 13.7. The Bertz CT molecular complexity index is 129. The van der Waals surface area contributed by atoms with Crippen LogP contribution in [0.3, 0.4) is 0 Å². The Morgan fingerprint density at radius 3 is 1.87 bits per heavy atom. The van der Waals surface area contributed by atoms with Crippen molar-refractivity contribution in [1.82, 2.24) is 0 Å². The van der Waals surface area contributed by atoms with Gasteiger partial charge in [-0.25, -0.2) is 0 Å². The highest BCUT2D eigenvalue weighted by molar-refractivity contribution is 4.81. The molecule has 0 bridgehead atoms. The average molecular weight is 211 g/mol. The molecule has 0 unspecified atom stereocenters. The lowest BCUT2D eigenvalue weighted by Crippen LogP contribution is -1.96. The van der Waals surface area contributed by atoms with E-state index in [1.807, 2.05) is 0 Å². The van der Waals surface area contributed by atoms with E-state index in [9.17, 15) is 0 Å². The van der Waals surface area contributed by atoms with E-state index in [1.165, 1.54) is 51.4 Å². The Morgan fingerprint density at radius 2 is 1.27 bits per heavy atom. The fourth-order valence-electron chi connectivity index (χ4n) is 1.69. The standard InChI is InChI=1S/C14H29N/c1-2-3-4-5-6-7-8-9-10-11-12-13-14-15/h10-11H,2-9,12-15H2,1H3/b11-10+. The number of nitrogens with two attached hydrogens (primary N) is 1. The molecule has 0 amide bonds. The van der Waals surface area contributed by atoms with Gasteiger partial charge in [-0.3, -0.25) is 0 Å².